The van der Waals surface area contributed by atoms with Gasteiger partial charge in [-0.25, -0.2) is 0 Å². The number of aryl methyl sites for hydroxylation is 1. The lowest BCUT2D eigenvalue weighted by Crippen LogP contribution is -2.10. The Labute approximate surface area is 118 Å². The van der Waals surface area contributed by atoms with Crippen molar-refractivity contribution in [3.8, 4) is 5.75 Å². The van der Waals surface area contributed by atoms with E-state index in [9.17, 15) is 0 Å². The molecule has 19 heavy (non-hydrogen) atoms. The third-order valence-corrected chi connectivity index (χ3v) is 3.05. The van der Waals surface area contributed by atoms with E-state index in [0.29, 0.717) is 11.6 Å². The summed E-state index contributed by atoms with van der Waals surface area (Å²) in [7, 11) is 0. The van der Waals surface area contributed by atoms with Crippen LogP contribution in [0.3, 0.4) is 0 Å². The van der Waals surface area contributed by atoms with Gasteiger partial charge in [-0.05, 0) is 30.7 Å². The minimum Gasteiger partial charge on any atom is -0.493 e. The second kappa shape index (κ2) is 6.29. The molecule has 0 radical (unpaired) electrons. The fraction of sp³-hybridized carbons (Fsp3) is 0.200. The van der Waals surface area contributed by atoms with Crippen molar-refractivity contribution in [3.05, 3.63) is 59.4 Å². The van der Waals surface area contributed by atoms with Crippen molar-refractivity contribution in [2.75, 3.05) is 6.61 Å². The molecule has 1 aromatic carbocycles. The lowest BCUT2D eigenvalue weighted by Gasteiger charge is -2.10. The number of rotatable bonds is 5. The molecular formula is C15H16N2OS. The Morgan fingerprint density at radius 2 is 2.16 bits per heavy atom. The Bertz CT molecular complexity index is 570. The molecule has 0 amide bonds. The average Bonchev–Trinajstić information content (AvgIpc) is 2.42. The predicted octanol–water partition coefficient (Wildman–Crippen LogP) is 2.65. The monoisotopic (exact) mass is 272 g/mol. The second-order valence-corrected chi connectivity index (χ2v) is 4.70. The second-order valence-electron chi connectivity index (χ2n) is 4.26. The van der Waals surface area contributed by atoms with Crippen LogP contribution in [0.4, 0.5) is 0 Å². The molecule has 0 aliphatic carbocycles. The summed E-state index contributed by atoms with van der Waals surface area (Å²) >= 11 is 4.97. The first-order chi connectivity index (χ1) is 9.16. The zero-order valence-corrected chi connectivity index (χ0v) is 11.6. The van der Waals surface area contributed by atoms with Crippen LogP contribution < -0.4 is 10.5 Å². The van der Waals surface area contributed by atoms with Crippen LogP contribution in [0.1, 0.15) is 16.8 Å². The van der Waals surface area contributed by atoms with Gasteiger partial charge in [-0.3, -0.25) is 4.98 Å². The van der Waals surface area contributed by atoms with Gasteiger partial charge in [0.2, 0.25) is 0 Å². The number of hydrogen-bond donors (Lipinski definition) is 1. The van der Waals surface area contributed by atoms with E-state index in [2.05, 4.69) is 4.98 Å². The maximum Gasteiger partial charge on any atom is 0.122 e. The van der Waals surface area contributed by atoms with Crippen LogP contribution in [-0.2, 0) is 6.42 Å². The molecule has 3 nitrogen and oxygen atoms in total. The number of thiocarbonyl (C=S) groups is 1. The van der Waals surface area contributed by atoms with Gasteiger partial charge in [-0.1, -0.05) is 30.4 Å². The topological polar surface area (TPSA) is 48.1 Å². The largest absolute Gasteiger partial charge is 0.493 e. The summed E-state index contributed by atoms with van der Waals surface area (Å²) in [5, 5.41) is 0. The minimum absolute atomic E-state index is 0.384. The molecule has 4 heteroatoms. The fourth-order valence-corrected chi connectivity index (χ4v) is 1.85. The summed E-state index contributed by atoms with van der Waals surface area (Å²) in [4.78, 5) is 4.64. The molecule has 0 bridgehead atoms. The number of nitrogens with zero attached hydrogens (tertiary/aromatic N) is 1. The van der Waals surface area contributed by atoms with E-state index in [0.717, 1.165) is 29.0 Å². The van der Waals surface area contributed by atoms with Crippen LogP contribution in [0.25, 0.3) is 0 Å². The van der Waals surface area contributed by atoms with Gasteiger partial charge in [0, 0.05) is 23.9 Å². The van der Waals surface area contributed by atoms with Gasteiger partial charge in [0.25, 0.3) is 0 Å². The number of ether oxygens (including phenoxy) is 1. The van der Waals surface area contributed by atoms with E-state index in [1.807, 2.05) is 43.3 Å². The normalized spacial score (nSPS) is 10.2. The molecule has 1 heterocycles. The van der Waals surface area contributed by atoms with E-state index >= 15 is 0 Å². The van der Waals surface area contributed by atoms with Gasteiger partial charge < -0.3 is 10.5 Å². The molecule has 98 valence electrons. The zero-order valence-electron chi connectivity index (χ0n) is 10.8. The summed E-state index contributed by atoms with van der Waals surface area (Å²) in [6.07, 6.45) is 2.56. The van der Waals surface area contributed by atoms with E-state index in [1.54, 1.807) is 6.20 Å². The molecule has 0 saturated heterocycles. The van der Waals surface area contributed by atoms with Crippen molar-refractivity contribution in [1.29, 1.82) is 0 Å². The first-order valence-electron chi connectivity index (χ1n) is 6.10. The van der Waals surface area contributed by atoms with Crippen molar-refractivity contribution in [2.45, 2.75) is 13.3 Å². The molecule has 2 aromatic rings. The molecule has 0 unspecified atom stereocenters. The SMILES string of the molecule is Cc1ccc(C(N)=S)cc1OCCc1ccccn1. The minimum atomic E-state index is 0.384. The number of hydrogen-bond acceptors (Lipinski definition) is 3. The molecule has 0 fully saturated rings. The van der Waals surface area contributed by atoms with Crippen LogP contribution in [0.15, 0.2) is 42.6 Å². The number of aromatic nitrogens is 1. The van der Waals surface area contributed by atoms with Gasteiger partial charge >= 0.3 is 0 Å². The highest BCUT2D eigenvalue weighted by atomic mass is 32.1. The Balaban J connectivity index is 1.99. The number of benzene rings is 1. The maximum atomic E-state index is 5.78. The summed E-state index contributed by atoms with van der Waals surface area (Å²) in [5.41, 5.74) is 8.54. The molecule has 2 rings (SSSR count). The van der Waals surface area contributed by atoms with E-state index < -0.39 is 0 Å². The highest BCUT2D eigenvalue weighted by Gasteiger charge is 2.04. The Morgan fingerprint density at radius 1 is 1.32 bits per heavy atom. The van der Waals surface area contributed by atoms with Gasteiger partial charge in [-0.2, -0.15) is 0 Å². The summed E-state index contributed by atoms with van der Waals surface area (Å²) in [6, 6.07) is 11.6. The Morgan fingerprint density at radius 3 is 2.84 bits per heavy atom. The third kappa shape index (κ3) is 3.76. The molecule has 0 aliphatic heterocycles. The highest BCUT2D eigenvalue weighted by molar-refractivity contribution is 7.80. The van der Waals surface area contributed by atoms with E-state index in [4.69, 9.17) is 22.7 Å². The first-order valence-corrected chi connectivity index (χ1v) is 6.51. The van der Waals surface area contributed by atoms with E-state index in [1.165, 1.54) is 0 Å². The molecular weight excluding hydrogens is 256 g/mol. The first kappa shape index (κ1) is 13.5. The van der Waals surface area contributed by atoms with Crippen LogP contribution in [0, 0.1) is 6.92 Å². The van der Waals surface area contributed by atoms with Crippen LogP contribution in [0.2, 0.25) is 0 Å². The Kier molecular flexibility index (Phi) is 4.47. The number of nitrogens with two attached hydrogens (primary N) is 1. The molecule has 0 atom stereocenters. The summed E-state index contributed by atoms with van der Waals surface area (Å²) in [6.45, 7) is 2.58. The molecule has 0 spiro atoms. The zero-order chi connectivity index (χ0) is 13.7. The van der Waals surface area contributed by atoms with Crippen molar-refractivity contribution in [3.63, 3.8) is 0 Å². The highest BCUT2D eigenvalue weighted by Crippen LogP contribution is 2.19. The fourth-order valence-electron chi connectivity index (χ4n) is 1.72. The van der Waals surface area contributed by atoms with Gasteiger partial charge in [0.15, 0.2) is 0 Å². The van der Waals surface area contributed by atoms with Crippen molar-refractivity contribution < 1.29 is 4.74 Å². The van der Waals surface area contributed by atoms with Gasteiger partial charge in [0.05, 0.1) is 6.61 Å². The summed E-state index contributed by atoms with van der Waals surface area (Å²) in [5.74, 6) is 0.821. The molecule has 2 N–H and O–H groups in total. The average molecular weight is 272 g/mol. The predicted molar refractivity (Wildman–Crippen MR) is 80.5 cm³/mol. The van der Waals surface area contributed by atoms with Crippen molar-refractivity contribution in [2.24, 2.45) is 5.73 Å². The summed E-state index contributed by atoms with van der Waals surface area (Å²) < 4.78 is 5.78. The lowest BCUT2D eigenvalue weighted by molar-refractivity contribution is 0.318. The molecule has 0 aliphatic rings. The lowest BCUT2D eigenvalue weighted by atomic mass is 10.1. The molecule has 0 saturated carbocycles. The molecule has 1 aromatic heterocycles. The third-order valence-electron chi connectivity index (χ3n) is 2.81. The van der Waals surface area contributed by atoms with Crippen LogP contribution >= 0.6 is 12.2 Å². The number of pyridine rings is 1. The maximum absolute atomic E-state index is 5.78. The van der Waals surface area contributed by atoms with Crippen molar-refractivity contribution in [1.82, 2.24) is 4.98 Å². The quantitative estimate of drug-likeness (QED) is 0.850. The van der Waals surface area contributed by atoms with Gasteiger partial charge in [0.1, 0.15) is 10.7 Å². The Hall–Kier alpha value is -1.94. The van der Waals surface area contributed by atoms with Crippen LogP contribution in [-0.4, -0.2) is 16.6 Å². The van der Waals surface area contributed by atoms with E-state index in [-0.39, 0.29) is 0 Å². The van der Waals surface area contributed by atoms with Crippen molar-refractivity contribution >= 4 is 17.2 Å². The smallest absolute Gasteiger partial charge is 0.122 e. The standard InChI is InChI=1S/C15H16N2OS/c1-11-5-6-12(15(16)19)10-14(11)18-9-7-13-4-2-3-8-17-13/h2-6,8,10H,7,9H2,1H3,(H2,16,19). The van der Waals surface area contributed by atoms with Gasteiger partial charge in [-0.15, -0.1) is 0 Å². The van der Waals surface area contributed by atoms with Crippen LogP contribution in [0.5, 0.6) is 5.75 Å².